The van der Waals surface area contributed by atoms with Crippen molar-refractivity contribution >= 4 is 17.3 Å². The van der Waals surface area contributed by atoms with Gasteiger partial charge < -0.3 is 19.5 Å². The van der Waals surface area contributed by atoms with Crippen molar-refractivity contribution in [2.24, 2.45) is 0 Å². The number of pyridine rings is 1. The highest BCUT2D eigenvalue weighted by molar-refractivity contribution is 7.80. The van der Waals surface area contributed by atoms with E-state index in [-0.39, 0.29) is 17.9 Å². The van der Waals surface area contributed by atoms with Crippen molar-refractivity contribution < 1.29 is 9.13 Å². The van der Waals surface area contributed by atoms with E-state index in [1.807, 2.05) is 47.3 Å². The molecule has 8 heteroatoms. The first-order valence-electron chi connectivity index (χ1n) is 11.4. The van der Waals surface area contributed by atoms with Crippen LogP contribution < -0.4 is 5.32 Å². The first-order valence-corrected chi connectivity index (χ1v) is 11.8. The Hall–Kier alpha value is -2.81. The number of thiocarbonyl (C=S) groups is 1. The second-order valence-electron chi connectivity index (χ2n) is 8.41. The quantitative estimate of drug-likeness (QED) is 0.537. The number of morpholine rings is 1. The zero-order chi connectivity index (χ0) is 22.6. The van der Waals surface area contributed by atoms with Crippen LogP contribution in [0.2, 0.25) is 0 Å². The van der Waals surface area contributed by atoms with Crippen LogP contribution in [0.1, 0.15) is 29.9 Å². The van der Waals surface area contributed by atoms with Crippen molar-refractivity contribution in [2.75, 3.05) is 39.4 Å². The Bertz CT molecular complexity index is 1090. The summed E-state index contributed by atoms with van der Waals surface area (Å²) >= 11 is 5.80. The molecular formula is C25H28FN5OS. The summed E-state index contributed by atoms with van der Waals surface area (Å²) in [5.41, 5.74) is 2.78. The average molecular weight is 466 g/mol. The standard InChI is InChI=1S/C25H28FN5OS/c26-19-6-3-7-20(18-19)30-12-4-9-22(30)24-23(21-8-1-2-10-27-21)28-25(33)31(24)13-5-11-29-14-16-32-17-15-29/h1-4,6-10,12,18,23-24H,5,11,13-17H2,(H,28,33)/t23-,24-/m0/s1. The molecule has 6 nitrogen and oxygen atoms in total. The number of halogens is 1. The van der Waals surface area contributed by atoms with Gasteiger partial charge in [-0.25, -0.2) is 4.39 Å². The summed E-state index contributed by atoms with van der Waals surface area (Å²) in [6, 6.07) is 16.6. The second kappa shape index (κ2) is 9.99. The molecule has 0 saturated carbocycles. The first-order chi connectivity index (χ1) is 16.2. The number of hydrogen-bond donors (Lipinski definition) is 1. The van der Waals surface area contributed by atoms with Gasteiger partial charge in [-0.15, -0.1) is 0 Å². The van der Waals surface area contributed by atoms with Crippen LogP contribution in [-0.4, -0.2) is 63.9 Å². The molecule has 2 aliphatic heterocycles. The van der Waals surface area contributed by atoms with Gasteiger partial charge in [-0.05, 0) is 61.1 Å². The molecule has 2 aliphatic rings. The van der Waals surface area contributed by atoms with Crippen LogP contribution in [0.4, 0.5) is 4.39 Å². The summed E-state index contributed by atoms with van der Waals surface area (Å²) in [4.78, 5) is 9.33. The number of ether oxygens (including phenoxy) is 1. The SMILES string of the molecule is Fc1cccc(-n2cccc2[C@H]2[C@H](c3ccccn3)NC(=S)N2CCCN2CCOCC2)c1. The molecule has 0 bridgehead atoms. The van der Waals surface area contributed by atoms with Gasteiger partial charge in [-0.2, -0.15) is 0 Å². The van der Waals surface area contributed by atoms with E-state index in [0.29, 0.717) is 0 Å². The molecule has 33 heavy (non-hydrogen) atoms. The van der Waals surface area contributed by atoms with Crippen LogP contribution in [0.5, 0.6) is 0 Å². The molecule has 2 aromatic heterocycles. The molecule has 4 heterocycles. The Labute approximate surface area is 199 Å². The molecule has 1 N–H and O–H groups in total. The van der Waals surface area contributed by atoms with Gasteiger partial charge in [0.15, 0.2) is 5.11 Å². The Kier molecular flexibility index (Phi) is 6.66. The van der Waals surface area contributed by atoms with Gasteiger partial charge in [0.1, 0.15) is 5.82 Å². The van der Waals surface area contributed by atoms with E-state index >= 15 is 0 Å². The minimum atomic E-state index is -0.254. The molecular weight excluding hydrogens is 437 g/mol. The van der Waals surface area contributed by atoms with Crippen LogP contribution >= 0.6 is 12.2 Å². The predicted octanol–water partition coefficient (Wildman–Crippen LogP) is 3.71. The highest BCUT2D eigenvalue weighted by atomic mass is 32.1. The third kappa shape index (κ3) is 4.78. The molecule has 2 saturated heterocycles. The van der Waals surface area contributed by atoms with E-state index in [9.17, 15) is 4.39 Å². The Morgan fingerprint density at radius 3 is 2.73 bits per heavy atom. The number of nitrogens with zero attached hydrogens (tertiary/aromatic N) is 4. The molecule has 0 unspecified atom stereocenters. The molecule has 0 amide bonds. The number of rotatable bonds is 7. The van der Waals surface area contributed by atoms with Crippen molar-refractivity contribution in [3.05, 3.63) is 84.2 Å². The average Bonchev–Trinajstić information content (AvgIpc) is 3.45. The lowest BCUT2D eigenvalue weighted by molar-refractivity contribution is 0.0365. The van der Waals surface area contributed by atoms with Crippen LogP contribution in [0.25, 0.3) is 5.69 Å². The summed E-state index contributed by atoms with van der Waals surface area (Å²) in [6.45, 7) is 5.39. The predicted molar refractivity (Wildman–Crippen MR) is 130 cm³/mol. The molecule has 0 spiro atoms. The zero-order valence-corrected chi connectivity index (χ0v) is 19.3. The zero-order valence-electron chi connectivity index (χ0n) is 18.4. The highest BCUT2D eigenvalue weighted by Crippen LogP contribution is 2.39. The smallest absolute Gasteiger partial charge is 0.170 e. The monoisotopic (exact) mass is 465 g/mol. The molecule has 172 valence electrons. The number of benzene rings is 1. The Morgan fingerprint density at radius 2 is 1.94 bits per heavy atom. The van der Waals surface area contributed by atoms with Gasteiger partial charge >= 0.3 is 0 Å². The van der Waals surface area contributed by atoms with E-state index in [0.717, 1.165) is 68.0 Å². The fourth-order valence-electron chi connectivity index (χ4n) is 4.75. The lowest BCUT2D eigenvalue weighted by Crippen LogP contribution is -2.39. The second-order valence-corrected chi connectivity index (χ2v) is 8.80. The molecule has 0 radical (unpaired) electrons. The Balaban J connectivity index is 1.45. The van der Waals surface area contributed by atoms with Gasteiger partial charge in [0.05, 0.1) is 31.0 Å². The molecule has 5 rings (SSSR count). The summed E-state index contributed by atoms with van der Waals surface area (Å²) < 4.78 is 21.5. The lowest BCUT2D eigenvalue weighted by atomic mass is 10.0. The molecule has 3 aromatic rings. The van der Waals surface area contributed by atoms with Gasteiger partial charge in [0.25, 0.3) is 0 Å². The summed E-state index contributed by atoms with van der Waals surface area (Å²) in [5, 5.41) is 4.24. The van der Waals surface area contributed by atoms with Crippen molar-refractivity contribution in [3.8, 4) is 5.69 Å². The third-order valence-corrected chi connectivity index (χ3v) is 6.70. The maximum atomic E-state index is 14.0. The van der Waals surface area contributed by atoms with Crippen LogP contribution in [0.3, 0.4) is 0 Å². The van der Waals surface area contributed by atoms with E-state index in [1.54, 1.807) is 12.1 Å². The van der Waals surface area contributed by atoms with E-state index in [1.165, 1.54) is 6.07 Å². The fraction of sp³-hybridized carbons (Fsp3) is 0.360. The number of hydrogen-bond acceptors (Lipinski definition) is 4. The summed E-state index contributed by atoms with van der Waals surface area (Å²) in [7, 11) is 0. The molecule has 2 fully saturated rings. The van der Waals surface area contributed by atoms with E-state index in [4.69, 9.17) is 17.0 Å². The van der Waals surface area contributed by atoms with Gasteiger partial charge in [0.2, 0.25) is 0 Å². The third-order valence-electron chi connectivity index (χ3n) is 6.34. The molecule has 2 atom stereocenters. The van der Waals surface area contributed by atoms with E-state index < -0.39 is 0 Å². The molecule has 0 aliphatic carbocycles. The first kappa shape index (κ1) is 22.0. The summed E-state index contributed by atoms with van der Waals surface area (Å²) in [6.07, 6.45) is 4.78. The highest BCUT2D eigenvalue weighted by Gasteiger charge is 2.41. The van der Waals surface area contributed by atoms with Crippen LogP contribution in [0.15, 0.2) is 67.0 Å². The largest absolute Gasteiger partial charge is 0.379 e. The van der Waals surface area contributed by atoms with Gasteiger partial charge in [-0.3, -0.25) is 9.88 Å². The van der Waals surface area contributed by atoms with E-state index in [2.05, 4.69) is 26.2 Å². The van der Waals surface area contributed by atoms with Gasteiger partial charge in [-0.1, -0.05) is 12.1 Å². The minimum Gasteiger partial charge on any atom is -0.379 e. The normalized spacial score (nSPS) is 21.4. The fourth-order valence-corrected chi connectivity index (χ4v) is 5.09. The van der Waals surface area contributed by atoms with Crippen LogP contribution in [0, 0.1) is 5.82 Å². The minimum absolute atomic E-state index is 0.0599. The Morgan fingerprint density at radius 1 is 1.06 bits per heavy atom. The number of nitrogens with one attached hydrogen (secondary N) is 1. The van der Waals surface area contributed by atoms with Gasteiger partial charge in [0, 0.05) is 50.0 Å². The maximum Gasteiger partial charge on any atom is 0.170 e. The van der Waals surface area contributed by atoms with Crippen molar-refractivity contribution in [3.63, 3.8) is 0 Å². The van der Waals surface area contributed by atoms with Crippen molar-refractivity contribution in [2.45, 2.75) is 18.5 Å². The van der Waals surface area contributed by atoms with Crippen LogP contribution in [-0.2, 0) is 4.74 Å². The number of aromatic nitrogens is 2. The molecule has 1 aromatic carbocycles. The van der Waals surface area contributed by atoms with Crippen molar-refractivity contribution in [1.82, 2.24) is 24.7 Å². The summed E-state index contributed by atoms with van der Waals surface area (Å²) in [5.74, 6) is -0.254. The lowest BCUT2D eigenvalue weighted by Gasteiger charge is -2.31. The topological polar surface area (TPSA) is 45.6 Å². The maximum absolute atomic E-state index is 14.0. The van der Waals surface area contributed by atoms with Crippen molar-refractivity contribution in [1.29, 1.82) is 0 Å².